The predicted octanol–water partition coefficient (Wildman–Crippen LogP) is 2.55. The van der Waals surface area contributed by atoms with E-state index in [-0.39, 0.29) is 6.61 Å². The number of rotatable bonds is 3. The van der Waals surface area contributed by atoms with Gasteiger partial charge in [-0.15, -0.1) is 0 Å². The second kappa shape index (κ2) is 5.30. The first-order valence-corrected chi connectivity index (χ1v) is 5.47. The Hall–Kier alpha value is -2.38. The van der Waals surface area contributed by atoms with E-state index in [1.54, 1.807) is 30.5 Å². The lowest BCUT2D eigenvalue weighted by Crippen LogP contribution is -1.94. The van der Waals surface area contributed by atoms with Crippen molar-refractivity contribution >= 4 is 0 Å². The minimum absolute atomic E-state index is 0.0367. The molecular formula is C14H12N2O2. The Bertz CT molecular complexity index is 586. The molecule has 0 saturated carbocycles. The molecule has 0 aliphatic carbocycles. The van der Waals surface area contributed by atoms with E-state index in [1.807, 2.05) is 19.1 Å². The standard InChI is InChI=1S/C14H12N2O2/c1-10-6-12(9-17)8-16-14(10)18-13-4-2-11(7-15)3-5-13/h2-6,8,17H,9H2,1H3. The Labute approximate surface area is 105 Å². The predicted molar refractivity (Wildman–Crippen MR) is 66.1 cm³/mol. The minimum atomic E-state index is -0.0367. The number of aromatic nitrogens is 1. The van der Waals surface area contributed by atoms with Crippen LogP contribution in [0.15, 0.2) is 36.5 Å². The van der Waals surface area contributed by atoms with E-state index in [2.05, 4.69) is 4.98 Å². The van der Waals surface area contributed by atoms with Crippen molar-refractivity contribution < 1.29 is 9.84 Å². The van der Waals surface area contributed by atoms with Crippen molar-refractivity contribution in [1.29, 1.82) is 5.26 Å². The minimum Gasteiger partial charge on any atom is -0.439 e. The summed E-state index contributed by atoms with van der Waals surface area (Å²) in [6.45, 7) is 1.83. The number of aliphatic hydroxyl groups is 1. The molecule has 1 N–H and O–H groups in total. The highest BCUT2D eigenvalue weighted by atomic mass is 16.5. The van der Waals surface area contributed by atoms with E-state index in [1.165, 1.54) is 0 Å². The van der Waals surface area contributed by atoms with E-state index in [4.69, 9.17) is 15.1 Å². The molecule has 0 atom stereocenters. The molecule has 2 rings (SSSR count). The molecule has 1 aromatic carbocycles. The van der Waals surface area contributed by atoms with Crippen molar-refractivity contribution in [3.05, 3.63) is 53.2 Å². The van der Waals surface area contributed by atoms with Crippen LogP contribution in [0.1, 0.15) is 16.7 Å². The zero-order chi connectivity index (χ0) is 13.0. The highest BCUT2D eigenvalue weighted by Gasteiger charge is 2.04. The lowest BCUT2D eigenvalue weighted by molar-refractivity contribution is 0.281. The zero-order valence-corrected chi connectivity index (χ0v) is 9.92. The molecule has 1 aromatic heterocycles. The van der Waals surface area contributed by atoms with Crippen LogP contribution >= 0.6 is 0 Å². The zero-order valence-electron chi connectivity index (χ0n) is 9.92. The average Bonchev–Trinajstić information content (AvgIpc) is 2.42. The largest absolute Gasteiger partial charge is 0.439 e. The Morgan fingerprint density at radius 3 is 2.61 bits per heavy atom. The second-order valence-electron chi connectivity index (χ2n) is 3.86. The molecule has 0 unspecified atom stereocenters. The molecular weight excluding hydrogens is 228 g/mol. The first kappa shape index (κ1) is 12.1. The van der Waals surface area contributed by atoms with Gasteiger partial charge in [0.2, 0.25) is 5.88 Å². The quantitative estimate of drug-likeness (QED) is 0.895. The number of hydrogen-bond donors (Lipinski definition) is 1. The Kier molecular flexibility index (Phi) is 3.56. The number of aryl methyl sites for hydroxylation is 1. The summed E-state index contributed by atoms with van der Waals surface area (Å²) in [5, 5.41) is 17.7. The SMILES string of the molecule is Cc1cc(CO)cnc1Oc1ccc(C#N)cc1. The topological polar surface area (TPSA) is 66.1 Å². The van der Waals surface area contributed by atoms with Gasteiger partial charge in [0, 0.05) is 11.8 Å². The van der Waals surface area contributed by atoms with Gasteiger partial charge in [-0.25, -0.2) is 4.98 Å². The van der Waals surface area contributed by atoms with Crippen molar-refractivity contribution in [3.8, 4) is 17.7 Å². The Morgan fingerprint density at radius 1 is 1.33 bits per heavy atom. The summed E-state index contributed by atoms with van der Waals surface area (Å²) in [5.41, 5.74) is 2.19. The molecule has 0 fully saturated rings. The molecule has 0 radical (unpaired) electrons. The third-order valence-electron chi connectivity index (χ3n) is 2.47. The Balaban J connectivity index is 2.20. The normalized spacial score (nSPS) is 9.83. The van der Waals surface area contributed by atoms with Gasteiger partial charge in [0.15, 0.2) is 0 Å². The molecule has 4 nitrogen and oxygen atoms in total. The summed E-state index contributed by atoms with van der Waals surface area (Å²) in [5.74, 6) is 1.12. The fourth-order valence-corrected chi connectivity index (χ4v) is 1.52. The molecule has 4 heteroatoms. The number of ether oxygens (including phenoxy) is 1. The van der Waals surface area contributed by atoms with E-state index in [0.29, 0.717) is 17.2 Å². The molecule has 1 heterocycles. The van der Waals surface area contributed by atoms with Crippen LogP contribution in [0.4, 0.5) is 0 Å². The maximum atomic E-state index is 8.99. The number of benzene rings is 1. The van der Waals surface area contributed by atoms with Crippen LogP contribution in [-0.4, -0.2) is 10.1 Å². The second-order valence-corrected chi connectivity index (χ2v) is 3.86. The molecule has 18 heavy (non-hydrogen) atoms. The van der Waals surface area contributed by atoms with Crippen LogP contribution in [0.25, 0.3) is 0 Å². The van der Waals surface area contributed by atoms with Crippen molar-refractivity contribution in [2.45, 2.75) is 13.5 Å². The van der Waals surface area contributed by atoms with Crippen molar-refractivity contribution in [1.82, 2.24) is 4.98 Å². The first-order valence-electron chi connectivity index (χ1n) is 5.47. The van der Waals surface area contributed by atoms with Gasteiger partial charge in [-0.1, -0.05) is 0 Å². The van der Waals surface area contributed by atoms with Crippen molar-refractivity contribution in [3.63, 3.8) is 0 Å². The monoisotopic (exact) mass is 240 g/mol. The summed E-state index contributed by atoms with van der Waals surface area (Å²) in [4.78, 5) is 4.14. The lowest BCUT2D eigenvalue weighted by Gasteiger charge is -2.08. The number of pyridine rings is 1. The first-order chi connectivity index (χ1) is 8.72. The molecule has 0 amide bonds. The van der Waals surface area contributed by atoms with Crippen LogP contribution < -0.4 is 4.74 Å². The highest BCUT2D eigenvalue weighted by Crippen LogP contribution is 2.23. The van der Waals surface area contributed by atoms with Crippen LogP contribution in [0.3, 0.4) is 0 Å². The molecule has 90 valence electrons. The molecule has 2 aromatic rings. The molecule has 0 spiro atoms. The third-order valence-corrected chi connectivity index (χ3v) is 2.47. The Morgan fingerprint density at radius 2 is 2.06 bits per heavy atom. The number of nitriles is 1. The summed E-state index contributed by atoms with van der Waals surface area (Å²) < 4.78 is 5.61. The van der Waals surface area contributed by atoms with Crippen LogP contribution in [-0.2, 0) is 6.61 Å². The average molecular weight is 240 g/mol. The van der Waals surface area contributed by atoms with Gasteiger partial charge in [-0.05, 0) is 42.8 Å². The van der Waals surface area contributed by atoms with E-state index >= 15 is 0 Å². The summed E-state index contributed by atoms with van der Waals surface area (Å²) in [6.07, 6.45) is 1.58. The summed E-state index contributed by atoms with van der Waals surface area (Å²) in [7, 11) is 0. The van der Waals surface area contributed by atoms with Gasteiger partial charge in [-0.3, -0.25) is 0 Å². The maximum absolute atomic E-state index is 8.99. The smallest absolute Gasteiger partial charge is 0.222 e. The van der Waals surface area contributed by atoms with Crippen LogP contribution in [0.2, 0.25) is 0 Å². The van der Waals surface area contributed by atoms with E-state index < -0.39 is 0 Å². The van der Waals surface area contributed by atoms with Crippen LogP contribution in [0.5, 0.6) is 11.6 Å². The fourth-order valence-electron chi connectivity index (χ4n) is 1.52. The molecule has 0 aliphatic rings. The van der Waals surface area contributed by atoms with E-state index in [9.17, 15) is 0 Å². The van der Waals surface area contributed by atoms with Gasteiger partial charge in [-0.2, -0.15) is 5.26 Å². The number of aliphatic hydroxyl groups excluding tert-OH is 1. The number of hydrogen-bond acceptors (Lipinski definition) is 4. The molecule has 0 aliphatic heterocycles. The molecule has 0 saturated heterocycles. The maximum Gasteiger partial charge on any atom is 0.222 e. The summed E-state index contributed by atoms with van der Waals surface area (Å²) >= 11 is 0. The van der Waals surface area contributed by atoms with Gasteiger partial charge in [0.05, 0.1) is 18.2 Å². The van der Waals surface area contributed by atoms with Gasteiger partial charge < -0.3 is 9.84 Å². The van der Waals surface area contributed by atoms with Crippen molar-refractivity contribution in [2.75, 3.05) is 0 Å². The summed E-state index contributed by atoms with van der Waals surface area (Å²) in [6, 6.07) is 10.7. The highest BCUT2D eigenvalue weighted by molar-refractivity contribution is 5.38. The lowest BCUT2D eigenvalue weighted by atomic mass is 10.2. The van der Waals surface area contributed by atoms with Crippen molar-refractivity contribution in [2.24, 2.45) is 0 Å². The molecule has 0 bridgehead atoms. The van der Waals surface area contributed by atoms with E-state index in [0.717, 1.165) is 11.1 Å². The van der Waals surface area contributed by atoms with Gasteiger partial charge >= 0.3 is 0 Å². The third kappa shape index (κ3) is 2.65. The number of nitrogens with zero attached hydrogens (tertiary/aromatic N) is 2. The fraction of sp³-hybridized carbons (Fsp3) is 0.143. The van der Waals surface area contributed by atoms with Gasteiger partial charge in [0.25, 0.3) is 0 Å². The van der Waals surface area contributed by atoms with Gasteiger partial charge in [0.1, 0.15) is 5.75 Å². The van der Waals surface area contributed by atoms with Crippen LogP contribution in [0, 0.1) is 18.3 Å².